The van der Waals surface area contributed by atoms with Gasteiger partial charge in [0.2, 0.25) is 0 Å². The Morgan fingerprint density at radius 2 is 1.52 bits per heavy atom. The molecule has 1 aliphatic rings. The van der Waals surface area contributed by atoms with Gasteiger partial charge in [-0.05, 0) is 98.2 Å². The standard InChI is InChI=1S/C32H42O/c1-3-5-7-11-27-14-16-28(17-15-27)12-8-9-13-29-18-20-30(21-19-29)31-22-24-32(25-23-31)33-26-10-6-4-2/h9,13-17,22-25,29-30H,3-7,10-11,18-21,26H2,1-2H3/b13-9+. The average molecular weight is 443 g/mol. The molecular weight excluding hydrogens is 400 g/mol. The number of rotatable bonds is 11. The number of hydrogen-bond donors (Lipinski definition) is 0. The molecule has 1 aliphatic carbocycles. The lowest BCUT2D eigenvalue weighted by atomic mass is 9.78. The monoisotopic (exact) mass is 442 g/mol. The van der Waals surface area contributed by atoms with Gasteiger partial charge in [-0.1, -0.05) is 81.7 Å². The second kappa shape index (κ2) is 14.6. The van der Waals surface area contributed by atoms with Crippen molar-refractivity contribution in [3.05, 3.63) is 77.4 Å². The molecule has 3 rings (SSSR count). The van der Waals surface area contributed by atoms with E-state index in [9.17, 15) is 0 Å². The van der Waals surface area contributed by atoms with Gasteiger partial charge in [0, 0.05) is 5.56 Å². The van der Waals surface area contributed by atoms with Crippen molar-refractivity contribution in [3.8, 4) is 17.6 Å². The maximum absolute atomic E-state index is 5.86. The first kappa shape index (κ1) is 25.2. The highest BCUT2D eigenvalue weighted by atomic mass is 16.5. The summed E-state index contributed by atoms with van der Waals surface area (Å²) in [5, 5.41) is 0. The molecule has 1 nitrogen and oxygen atoms in total. The summed E-state index contributed by atoms with van der Waals surface area (Å²) in [6, 6.07) is 17.6. The molecule has 0 aliphatic heterocycles. The van der Waals surface area contributed by atoms with Crippen LogP contribution < -0.4 is 4.74 Å². The summed E-state index contributed by atoms with van der Waals surface area (Å²) in [6.07, 6.45) is 18.1. The molecule has 0 heterocycles. The predicted octanol–water partition coefficient (Wildman–Crippen LogP) is 8.87. The van der Waals surface area contributed by atoms with Gasteiger partial charge in [0.15, 0.2) is 0 Å². The molecule has 0 saturated heterocycles. The van der Waals surface area contributed by atoms with Gasteiger partial charge in [-0.15, -0.1) is 0 Å². The summed E-state index contributed by atoms with van der Waals surface area (Å²) >= 11 is 0. The quantitative estimate of drug-likeness (QED) is 0.249. The Labute approximate surface area is 202 Å². The Morgan fingerprint density at radius 3 is 2.21 bits per heavy atom. The Kier molecular flexibility index (Phi) is 11.2. The molecule has 1 fully saturated rings. The van der Waals surface area contributed by atoms with E-state index < -0.39 is 0 Å². The molecule has 176 valence electrons. The lowest BCUT2D eigenvalue weighted by Gasteiger charge is -2.27. The minimum atomic E-state index is 0.665. The van der Waals surface area contributed by atoms with E-state index >= 15 is 0 Å². The van der Waals surface area contributed by atoms with E-state index in [0.29, 0.717) is 11.8 Å². The third-order valence-corrected chi connectivity index (χ3v) is 6.83. The number of hydrogen-bond acceptors (Lipinski definition) is 1. The summed E-state index contributed by atoms with van der Waals surface area (Å²) in [4.78, 5) is 0. The summed E-state index contributed by atoms with van der Waals surface area (Å²) in [7, 11) is 0. The largest absolute Gasteiger partial charge is 0.494 e. The van der Waals surface area contributed by atoms with E-state index in [-0.39, 0.29) is 0 Å². The van der Waals surface area contributed by atoms with E-state index in [0.717, 1.165) is 24.3 Å². The van der Waals surface area contributed by atoms with Crippen molar-refractivity contribution in [2.75, 3.05) is 6.61 Å². The number of allylic oxidation sites excluding steroid dienone is 2. The van der Waals surface area contributed by atoms with Crippen LogP contribution in [0.3, 0.4) is 0 Å². The highest BCUT2D eigenvalue weighted by Gasteiger charge is 2.20. The lowest BCUT2D eigenvalue weighted by molar-refractivity contribution is 0.306. The van der Waals surface area contributed by atoms with Crippen LogP contribution in [0.5, 0.6) is 5.75 Å². The maximum Gasteiger partial charge on any atom is 0.119 e. The molecule has 0 radical (unpaired) electrons. The second-order valence-corrected chi connectivity index (χ2v) is 9.52. The van der Waals surface area contributed by atoms with Crippen LogP contribution in [0.15, 0.2) is 60.7 Å². The zero-order valence-electron chi connectivity index (χ0n) is 20.8. The highest BCUT2D eigenvalue weighted by Crippen LogP contribution is 2.36. The third kappa shape index (κ3) is 9.13. The fourth-order valence-corrected chi connectivity index (χ4v) is 4.67. The Morgan fingerprint density at radius 1 is 0.818 bits per heavy atom. The van der Waals surface area contributed by atoms with E-state index in [1.807, 2.05) is 0 Å². The first-order valence-corrected chi connectivity index (χ1v) is 13.3. The summed E-state index contributed by atoms with van der Waals surface area (Å²) in [6.45, 7) is 5.31. The van der Waals surface area contributed by atoms with Crippen molar-refractivity contribution in [2.24, 2.45) is 5.92 Å². The van der Waals surface area contributed by atoms with Crippen LogP contribution in [0.2, 0.25) is 0 Å². The van der Waals surface area contributed by atoms with Crippen LogP contribution in [0, 0.1) is 17.8 Å². The minimum Gasteiger partial charge on any atom is -0.494 e. The van der Waals surface area contributed by atoms with Gasteiger partial charge >= 0.3 is 0 Å². The van der Waals surface area contributed by atoms with E-state index in [1.165, 1.54) is 75.3 Å². The smallest absolute Gasteiger partial charge is 0.119 e. The van der Waals surface area contributed by atoms with Crippen LogP contribution in [0.1, 0.15) is 101 Å². The second-order valence-electron chi connectivity index (χ2n) is 9.52. The molecule has 2 aromatic carbocycles. The maximum atomic E-state index is 5.86. The van der Waals surface area contributed by atoms with Crippen molar-refractivity contribution >= 4 is 0 Å². The van der Waals surface area contributed by atoms with Crippen LogP contribution in [-0.4, -0.2) is 6.61 Å². The van der Waals surface area contributed by atoms with Crippen LogP contribution >= 0.6 is 0 Å². The molecule has 0 amide bonds. The van der Waals surface area contributed by atoms with Gasteiger partial charge in [-0.2, -0.15) is 0 Å². The lowest BCUT2D eigenvalue weighted by Crippen LogP contribution is -2.11. The summed E-state index contributed by atoms with van der Waals surface area (Å²) in [5.41, 5.74) is 4.01. The molecule has 1 saturated carbocycles. The molecule has 0 bridgehead atoms. The first-order valence-electron chi connectivity index (χ1n) is 13.3. The van der Waals surface area contributed by atoms with Crippen molar-refractivity contribution in [3.63, 3.8) is 0 Å². The number of ether oxygens (including phenoxy) is 1. The SMILES string of the molecule is CCCCCOc1ccc(C2CCC(/C=C/C#Cc3ccc(CCCCC)cc3)CC2)cc1. The van der Waals surface area contributed by atoms with Crippen LogP contribution in [-0.2, 0) is 6.42 Å². The number of unbranched alkanes of at least 4 members (excludes halogenated alkanes) is 4. The van der Waals surface area contributed by atoms with E-state index in [4.69, 9.17) is 4.74 Å². The number of aryl methyl sites for hydroxylation is 1. The van der Waals surface area contributed by atoms with E-state index in [1.54, 1.807) is 0 Å². The van der Waals surface area contributed by atoms with Crippen molar-refractivity contribution in [1.82, 2.24) is 0 Å². The highest BCUT2D eigenvalue weighted by molar-refractivity contribution is 5.38. The molecular formula is C32H42O. The fourth-order valence-electron chi connectivity index (χ4n) is 4.67. The van der Waals surface area contributed by atoms with Gasteiger partial charge < -0.3 is 4.74 Å². The average Bonchev–Trinajstić information content (AvgIpc) is 2.86. The van der Waals surface area contributed by atoms with Gasteiger partial charge in [-0.3, -0.25) is 0 Å². The van der Waals surface area contributed by atoms with Gasteiger partial charge in [0.1, 0.15) is 5.75 Å². The Balaban J connectivity index is 1.39. The molecule has 0 unspecified atom stereocenters. The zero-order chi connectivity index (χ0) is 23.1. The van der Waals surface area contributed by atoms with Gasteiger partial charge in [0.05, 0.1) is 6.61 Å². The van der Waals surface area contributed by atoms with Crippen molar-refractivity contribution in [1.29, 1.82) is 0 Å². The normalized spacial score (nSPS) is 18.1. The van der Waals surface area contributed by atoms with Crippen LogP contribution in [0.4, 0.5) is 0 Å². The molecule has 0 atom stereocenters. The molecule has 0 spiro atoms. The van der Waals surface area contributed by atoms with Crippen molar-refractivity contribution in [2.45, 2.75) is 90.4 Å². The topological polar surface area (TPSA) is 9.23 Å². The molecule has 1 heteroatoms. The molecule has 0 N–H and O–H groups in total. The molecule has 33 heavy (non-hydrogen) atoms. The third-order valence-electron chi connectivity index (χ3n) is 6.83. The van der Waals surface area contributed by atoms with E-state index in [2.05, 4.69) is 86.4 Å². The van der Waals surface area contributed by atoms with Crippen molar-refractivity contribution < 1.29 is 4.74 Å². The minimum absolute atomic E-state index is 0.665. The summed E-state index contributed by atoms with van der Waals surface area (Å²) < 4.78 is 5.86. The Hall–Kier alpha value is -2.46. The predicted molar refractivity (Wildman–Crippen MR) is 142 cm³/mol. The fraction of sp³-hybridized carbons (Fsp3) is 0.500. The first-order chi connectivity index (χ1) is 16.3. The Bertz CT molecular complexity index is 871. The molecule has 2 aromatic rings. The van der Waals surface area contributed by atoms with Crippen LogP contribution in [0.25, 0.3) is 0 Å². The van der Waals surface area contributed by atoms with Gasteiger partial charge in [-0.25, -0.2) is 0 Å². The van der Waals surface area contributed by atoms with Gasteiger partial charge in [0.25, 0.3) is 0 Å². The number of benzene rings is 2. The molecule has 0 aromatic heterocycles. The summed E-state index contributed by atoms with van der Waals surface area (Å²) in [5.74, 6) is 8.90. The zero-order valence-corrected chi connectivity index (χ0v) is 20.8.